The summed E-state index contributed by atoms with van der Waals surface area (Å²) in [5, 5.41) is 9.03. The molecule has 1 N–H and O–H groups in total. The van der Waals surface area contributed by atoms with Crippen molar-refractivity contribution in [3.05, 3.63) is 23.8 Å². The third-order valence-electron chi connectivity index (χ3n) is 4.64. The zero-order chi connectivity index (χ0) is 14.8. The second-order valence-electron chi connectivity index (χ2n) is 6.03. The minimum atomic E-state index is -0.910. The number of fused-ring (bicyclic) bond motifs is 1. The lowest BCUT2D eigenvalue weighted by Gasteiger charge is -2.31. The predicted molar refractivity (Wildman–Crippen MR) is 78.9 cm³/mol. The highest BCUT2D eigenvalue weighted by atomic mass is 16.5. The summed E-state index contributed by atoms with van der Waals surface area (Å²) in [5.74, 6) is 1.17. The topological polar surface area (TPSA) is 55.8 Å². The van der Waals surface area contributed by atoms with Gasteiger partial charge in [-0.1, -0.05) is 19.4 Å². The van der Waals surface area contributed by atoms with E-state index in [1.54, 1.807) is 0 Å². The van der Waals surface area contributed by atoms with Crippen LogP contribution in [-0.4, -0.2) is 23.3 Å². The Morgan fingerprint density at radius 2 is 2.19 bits per heavy atom. The summed E-state index contributed by atoms with van der Waals surface area (Å²) in [6, 6.07) is 5.71. The van der Waals surface area contributed by atoms with Gasteiger partial charge in [-0.05, 0) is 43.2 Å². The smallest absolute Gasteiger partial charge is 0.345 e. The molecule has 0 bridgehead atoms. The fourth-order valence-electron chi connectivity index (χ4n) is 3.39. The third kappa shape index (κ3) is 2.99. The van der Waals surface area contributed by atoms with E-state index in [-0.39, 0.29) is 6.10 Å². The Hall–Kier alpha value is -1.71. The second kappa shape index (κ2) is 5.96. The van der Waals surface area contributed by atoms with Crippen molar-refractivity contribution in [2.45, 2.75) is 57.7 Å². The maximum Gasteiger partial charge on any atom is 0.345 e. The number of hydrogen-bond donors (Lipinski definition) is 1. The summed E-state index contributed by atoms with van der Waals surface area (Å²) in [4.78, 5) is 11.0. The van der Waals surface area contributed by atoms with Crippen LogP contribution in [0.25, 0.3) is 0 Å². The van der Waals surface area contributed by atoms with Crippen molar-refractivity contribution < 1.29 is 19.4 Å². The van der Waals surface area contributed by atoms with Gasteiger partial charge in [0.15, 0.2) is 6.10 Å². The SMILES string of the molecule is CCC1CCCCC1Oc1ccc2c(c1)OC(C(=O)O)C2. The molecule has 1 saturated carbocycles. The summed E-state index contributed by atoms with van der Waals surface area (Å²) in [7, 11) is 0. The molecule has 1 aromatic carbocycles. The van der Waals surface area contributed by atoms with Gasteiger partial charge in [-0.25, -0.2) is 4.79 Å². The maximum absolute atomic E-state index is 11.0. The van der Waals surface area contributed by atoms with Crippen molar-refractivity contribution >= 4 is 5.97 Å². The highest BCUT2D eigenvalue weighted by Gasteiger charge is 2.30. The van der Waals surface area contributed by atoms with Crippen LogP contribution in [-0.2, 0) is 11.2 Å². The van der Waals surface area contributed by atoms with Crippen LogP contribution < -0.4 is 9.47 Å². The third-order valence-corrected chi connectivity index (χ3v) is 4.64. The molecule has 114 valence electrons. The van der Waals surface area contributed by atoms with Crippen molar-refractivity contribution in [3.63, 3.8) is 0 Å². The molecule has 1 aliphatic heterocycles. The first-order valence-electron chi connectivity index (χ1n) is 7.86. The van der Waals surface area contributed by atoms with Crippen LogP contribution in [0.3, 0.4) is 0 Å². The van der Waals surface area contributed by atoms with Crippen LogP contribution in [0.5, 0.6) is 11.5 Å². The molecule has 0 saturated heterocycles. The van der Waals surface area contributed by atoms with E-state index in [0.29, 0.717) is 18.1 Å². The second-order valence-corrected chi connectivity index (χ2v) is 6.03. The van der Waals surface area contributed by atoms with Gasteiger partial charge in [0, 0.05) is 12.5 Å². The standard InChI is InChI=1S/C17H22O4/c1-2-11-5-3-4-6-14(11)20-13-8-7-12-9-16(17(18)19)21-15(12)10-13/h7-8,10-11,14,16H,2-6,9H2,1H3,(H,18,19). The molecule has 1 fully saturated rings. The molecule has 0 radical (unpaired) electrons. The number of aliphatic carboxylic acids is 1. The van der Waals surface area contributed by atoms with Gasteiger partial charge in [-0.15, -0.1) is 0 Å². The molecule has 3 unspecified atom stereocenters. The van der Waals surface area contributed by atoms with Crippen LogP contribution in [0.15, 0.2) is 18.2 Å². The van der Waals surface area contributed by atoms with E-state index in [2.05, 4.69) is 6.92 Å². The number of rotatable bonds is 4. The normalized spacial score (nSPS) is 27.8. The van der Waals surface area contributed by atoms with Gasteiger partial charge < -0.3 is 14.6 Å². The van der Waals surface area contributed by atoms with Crippen molar-refractivity contribution in [3.8, 4) is 11.5 Å². The zero-order valence-electron chi connectivity index (χ0n) is 12.4. The van der Waals surface area contributed by atoms with Crippen LogP contribution in [0.4, 0.5) is 0 Å². The molecule has 3 atom stereocenters. The number of carboxylic acids is 1. The number of carbonyl (C=O) groups is 1. The van der Waals surface area contributed by atoms with Crippen LogP contribution in [0, 0.1) is 5.92 Å². The summed E-state index contributed by atoms with van der Waals surface area (Å²) in [5.41, 5.74) is 0.949. The van der Waals surface area contributed by atoms with E-state index in [1.165, 1.54) is 19.3 Å². The van der Waals surface area contributed by atoms with Gasteiger partial charge in [0.05, 0.1) is 0 Å². The van der Waals surface area contributed by atoms with Crippen LogP contribution in [0.2, 0.25) is 0 Å². The van der Waals surface area contributed by atoms with Gasteiger partial charge in [0.1, 0.15) is 17.6 Å². The van der Waals surface area contributed by atoms with Crippen molar-refractivity contribution in [2.24, 2.45) is 5.92 Å². The van der Waals surface area contributed by atoms with Gasteiger partial charge in [-0.2, -0.15) is 0 Å². The molecule has 0 amide bonds. The van der Waals surface area contributed by atoms with E-state index in [4.69, 9.17) is 14.6 Å². The molecule has 21 heavy (non-hydrogen) atoms. The summed E-state index contributed by atoms with van der Waals surface area (Å²) < 4.78 is 11.6. The lowest BCUT2D eigenvalue weighted by molar-refractivity contribution is -0.144. The van der Waals surface area contributed by atoms with Crippen molar-refractivity contribution in [1.82, 2.24) is 0 Å². The van der Waals surface area contributed by atoms with Gasteiger partial charge >= 0.3 is 5.97 Å². The fourth-order valence-corrected chi connectivity index (χ4v) is 3.39. The summed E-state index contributed by atoms with van der Waals surface area (Å²) >= 11 is 0. The maximum atomic E-state index is 11.0. The number of benzene rings is 1. The molecule has 4 heteroatoms. The summed E-state index contributed by atoms with van der Waals surface area (Å²) in [6.07, 6.45) is 5.97. The van der Waals surface area contributed by atoms with Gasteiger partial charge in [-0.3, -0.25) is 0 Å². The van der Waals surface area contributed by atoms with E-state index in [1.807, 2.05) is 18.2 Å². The molecule has 3 rings (SSSR count). The highest BCUT2D eigenvalue weighted by molar-refractivity contribution is 5.74. The molecule has 4 nitrogen and oxygen atoms in total. The van der Waals surface area contributed by atoms with Crippen molar-refractivity contribution in [1.29, 1.82) is 0 Å². The zero-order valence-corrected chi connectivity index (χ0v) is 12.4. The van der Waals surface area contributed by atoms with Crippen LogP contribution in [0.1, 0.15) is 44.6 Å². The number of ether oxygens (including phenoxy) is 2. The van der Waals surface area contributed by atoms with Crippen LogP contribution >= 0.6 is 0 Å². The first-order valence-corrected chi connectivity index (χ1v) is 7.86. The molecule has 1 heterocycles. The average Bonchev–Trinajstić information content (AvgIpc) is 2.91. The number of hydrogen-bond acceptors (Lipinski definition) is 3. The Kier molecular flexibility index (Phi) is 4.04. The lowest BCUT2D eigenvalue weighted by atomic mass is 9.85. The minimum absolute atomic E-state index is 0.276. The lowest BCUT2D eigenvalue weighted by Crippen LogP contribution is -2.29. The summed E-state index contributed by atoms with van der Waals surface area (Å²) in [6.45, 7) is 2.22. The monoisotopic (exact) mass is 290 g/mol. The highest BCUT2D eigenvalue weighted by Crippen LogP contribution is 2.35. The molecule has 0 aromatic heterocycles. The molecule has 1 aromatic rings. The quantitative estimate of drug-likeness (QED) is 0.923. The number of carboxylic acid groups (broad SMARTS) is 1. The Morgan fingerprint density at radius 1 is 1.38 bits per heavy atom. The first-order chi connectivity index (χ1) is 10.2. The predicted octanol–water partition coefficient (Wildman–Crippen LogP) is 3.42. The van der Waals surface area contributed by atoms with E-state index < -0.39 is 12.1 Å². The molecule has 2 aliphatic rings. The molecular weight excluding hydrogens is 268 g/mol. The largest absolute Gasteiger partial charge is 0.490 e. The van der Waals surface area contributed by atoms with E-state index >= 15 is 0 Å². The van der Waals surface area contributed by atoms with Gasteiger partial charge in [0.25, 0.3) is 0 Å². The Labute approximate surface area is 125 Å². The Balaban J connectivity index is 1.70. The first kappa shape index (κ1) is 14.2. The molecule has 1 aliphatic carbocycles. The van der Waals surface area contributed by atoms with E-state index in [0.717, 1.165) is 24.2 Å². The van der Waals surface area contributed by atoms with Crippen molar-refractivity contribution in [2.75, 3.05) is 0 Å². The Morgan fingerprint density at radius 3 is 2.95 bits per heavy atom. The fraction of sp³-hybridized carbons (Fsp3) is 0.588. The van der Waals surface area contributed by atoms with E-state index in [9.17, 15) is 4.79 Å². The Bertz CT molecular complexity index is 526. The average molecular weight is 290 g/mol. The minimum Gasteiger partial charge on any atom is -0.490 e. The van der Waals surface area contributed by atoms with Gasteiger partial charge in [0.2, 0.25) is 0 Å². The molecular formula is C17H22O4. The molecule has 0 spiro atoms.